The van der Waals surface area contributed by atoms with Crippen molar-refractivity contribution in [2.75, 3.05) is 13.1 Å². The minimum absolute atomic E-state index is 0.0348. The number of hydrogen-bond donors (Lipinski definition) is 0. The molecule has 0 saturated carbocycles. The Labute approximate surface area is 153 Å². The number of amides is 1. The number of benzene rings is 1. The average Bonchev–Trinajstić information content (AvgIpc) is 3.08. The number of hydrogen-bond acceptors (Lipinski definition) is 6. The van der Waals surface area contributed by atoms with Crippen molar-refractivity contribution < 1.29 is 4.79 Å². The van der Waals surface area contributed by atoms with E-state index < -0.39 is 0 Å². The van der Waals surface area contributed by atoms with Crippen molar-refractivity contribution in [3.63, 3.8) is 0 Å². The molecular formula is C18H17N5O2S. The maximum Gasteiger partial charge on any atom is 0.280 e. The van der Waals surface area contributed by atoms with Gasteiger partial charge >= 0.3 is 0 Å². The predicted molar refractivity (Wildman–Crippen MR) is 100 cm³/mol. The summed E-state index contributed by atoms with van der Waals surface area (Å²) in [5.74, 6) is 0.620. The lowest BCUT2D eigenvalue weighted by Gasteiger charge is -2.28. The first-order valence-corrected chi connectivity index (χ1v) is 9.09. The molecule has 0 saturated heterocycles. The summed E-state index contributed by atoms with van der Waals surface area (Å²) in [5, 5.41) is 4.51. The summed E-state index contributed by atoms with van der Waals surface area (Å²) < 4.78 is 5.85. The summed E-state index contributed by atoms with van der Waals surface area (Å²) in [6.45, 7) is 4.73. The third-order valence-electron chi connectivity index (χ3n) is 4.57. The Bertz CT molecular complexity index is 1100. The Balaban J connectivity index is 1.68. The van der Waals surface area contributed by atoms with E-state index in [1.807, 2.05) is 35.8 Å². The summed E-state index contributed by atoms with van der Waals surface area (Å²) in [6, 6.07) is 7.47. The zero-order valence-electron chi connectivity index (χ0n) is 14.5. The molecule has 1 aliphatic rings. The second kappa shape index (κ2) is 6.45. The highest BCUT2D eigenvalue weighted by Gasteiger charge is 2.23. The van der Waals surface area contributed by atoms with Crippen molar-refractivity contribution in [3.05, 3.63) is 57.1 Å². The highest BCUT2D eigenvalue weighted by atomic mass is 32.1. The van der Waals surface area contributed by atoms with Gasteiger partial charge in [0.25, 0.3) is 11.5 Å². The number of aromatic nitrogens is 4. The Morgan fingerprint density at radius 1 is 1.23 bits per heavy atom. The van der Waals surface area contributed by atoms with E-state index in [0.29, 0.717) is 41.3 Å². The van der Waals surface area contributed by atoms with Crippen LogP contribution in [0, 0.1) is 13.8 Å². The van der Waals surface area contributed by atoms with Crippen LogP contribution in [-0.2, 0) is 0 Å². The van der Waals surface area contributed by atoms with Crippen LogP contribution >= 0.6 is 11.5 Å². The standard InChI is InChI=1S/C18H17N5O2S/c1-11-16(26-21-20-11)18(25)22-9-7-13(8-10-22)23-12(2)19-17(24)14-5-3-4-6-15(14)23/h3-7H,8-10H2,1-2H3. The largest absolute Gasteiger partial charge is 0.334 e. The van der Waals surface area contributed by atoms with Gasteiger partial charge in [-0.3, -0.25) is 9.59 Å². The quantitative estimate of drug-likeness (QED) is 0.694. The van der Waals surface area contributed by atoms with Gasteiger partial charge in [-0.2, -0.15) is 4.98 Å². The number of aryl methyl sites for hydroxylation is 2. The zero-order chi connectivity index (χ0) is 18.3. The van der Waals surface area contributed by atoms with Crippen LogP contribution in [0.4, 0.5) is 0 Å². The minimum atomic E-state index is -0.212. The molecule has 1 amide bonds. The molecule has 2 aromatic heterocycles. The molecule has 0 bridgehead atoms. The first kappa shape index (κ1) is 16.6. The number of nitrogens with zero attached hydrogens (tertiary/aromatic N) is 5. The normalized spacial score (nSPS) is 14.5. The van der Waals surface area contributed by atoms with Gasteiger partial charge in [0.2, 0.25) is 0 Å². The van der Waals surface area contributed by atoms with Crippen LogP contribution in [0.15, 0.2) is 35.1 Å². The van der Waals surface area contributed by atoms with Crippen LogP contribution in [0.3, 0.4) is 0 Å². The van der Waals surface area contributed by atoms with E-state index in [0.717, 1.165) is 22.7 Å². The molecule has 26 heavy (non-hydrogen) atoms. The second-order valence-corrected chi connectivity index (χ2v) is 6.95. The van der Waals surface area contributed by atoms with Crippen LogP contribution < -0.4 is 5.56 Å². The third-order valence-corrected chi connectivity index (χ3v) is 5.38. The van der Waals surface area contributed by atoms with Gasteiger partial charge in [0.1, 0.15) is 10.7 Å². The summed E-state index contributed by atoms with van der Waals surface area (Å²) in [7, 11) is 0. The van der Waals surface area contributed by atoms with Gasteiger partial charge in [-0.05, 0) is 43.6 Å². The van der Waals surface area contributed by atoms with Crippen molar-refractivity contribution in [1.82, 2.24) is 24.0 Å². The first-order valence-electron chi connectivity index (χ1n) is 8.32. The lowest BCUT2D eigenvalue weighted by atomic mass is 10.1. The van der Waals surface area contributed by atoms with E-state index in [9.17, 15) is 9.59 Å². The van der Waals surface area contributed by atoms with Crippen molar-refractivity contribution >= 4 is 34.0 Å². The highest BCUT2D eigenvalue weighted by molar-refractivity contribution is 7.07. The minimum Gasteiger partial charge on any atom is -0.334 e. The second-order valence-electron chi connectivity index (χ2n) is 6.20. The molecule has 0 spiro atoms. The molecular weight excluding hydrogens is 350 g/mol. The van der Waals surface area contributed by atoms with Gasteiger partial charge in [-0.25, -0.2) is 0 Å². The van der Waals surface area contributed by atoms with Crippen molar-refractivity contribution in [1.29, 1.82) is 0 Å². The van der Waals surface area contributed by atoms with E-state index in [-0.39, 0.29) is 11.5 Å². The topological polar surface area (TPSA) is 81.0 Å². The van der Waals surface area contributed by atoms with E-state index in [1.54, 1.807) is 17.9 Å². The van der Waals surface area contributed by atoms with Crippen LogP contribution in [0.25, 0.3) is 16.6 Å². The van der Waals surface area contributed by atoms with Crippen LogP contribution in [0.2, 0.25) is 0 Å². The molecule has 132 valence electrons. The van der Waals surface area contributed by atoms with Gasteiger partial charge in [-0.15, -0.1) is 5.10 Å². The number of fused-ring (bicyclic) bond motifs is 1. The SMILES string of the molecule is Cc1nnsc1C(=O)N1CC=C(n2c(C)nc(=O)c3ccccc32)CC1. The van der Waals surface area contributed by atoms with E-state index in [2.05, 4.69) is 14.6 Å². The van der Waals surface area contributed by atoms with Gasteiger partial charge in [0.05, 0.1) is 16.6 Å². The lowest BCUT2D eigenvalue weighted by Crippen LogP contribution is -2.35. The molecule has 3 heterocycles. The summed E-state index contributed by atoms with van der Waals surface area (Å²) in [6.07, 6.45) is 2.71. The molecule has 1 aliphatic heterocycles. The predicted octanol–water partition coefficient (Wildman–Crippen LogP) is 2.25. The van der Waals surface area contributed by atoms with E-state index in [4.69, 9.17) is 0 Å². The number of carbonyl (C=O) groups is 1. The zero-order valence-corrected chi connectivity index (χ0v) is 15.3. The van der Waals surface area contributed by atoms with Crippen LogP contribution in [-0.4, -0.2) is 43.0 Å². The van der Waals surface area contributed by atoms with Crippen molar-refractivity contribution in [3.8, 4) is 0 Å². The van der Waals surface area contributed by atoms with Crippen molar-refractivity contribution in [2.24, 2.45) is 0 Å². The van der Waals surface area contributed by atoms with Gasteiger partial charge in [-0.1, -0.05) is 16.6 Å². The van der Waals surface area contributed by atoms with Crippen LogP contribution in [0.1, 0.15) is 27.6 Å². The molecule has 8 heteroatoms. The first-order chi connectivity index (χ1) is 12.6. The average molecular weight is 367 g/mol. The van der Waals surface area contributed by atoms with E-state index >= 15 is 0 Å². The fraction of sp³-hybridized carbons (Fsp3) is 0.278. The molecule has 4 rings (SSSR count). The molecule has 3 aromatic rings. The van der Waals surface area contributed by atoms with Crippen LogP contribution in [0.5, 0.6) is 0 Å². The summed E-state index contributed by atoms with van der Waals surface area (Å²) >= 11 is 1.13. The van der Waals surface area contributed by atoms with Gasteiger partial charge in [0.15, 0.2) is 0 Å². The fourth-order valence-corrected chi connectivity index (χ4v) is 3.89. The maximum absolute atomic E-state index is 12.6. The maximum atomic E-state index is 12.6. The molecule has 0 radical (unpaired) electrons. The molecule has 0 aliphatic carbocycles. The Morgan fingerprint density at radius 2 is 2.04 bits per heavy atom. The summed E-state index contributed by atoms with van der Waals surface area (Å²) in [5.41, 5.74) is 2.35. The van der Waals surface area contributed by atoms with E-state index in [1.165, 1.54) is 0 Å². The molecule has 1 aromatic carbocycles. The smallest absolute Gasteiger partial charge is 0.280 e. The molecule has 0 N–H and O–H groups in total. The number of para-hydroxylation sites is 1. The number of carbonyl (C=O) groups excluding carboxylic acids is 1. The Kier molecular flexibility index (Phi) is 4.12. The highest BCUT2D eigenvalue weighted by Crippen LogP contribution is 2.23. The summed E-state index contributed by atoms with van der Waals surface area (Å²) in [4.78, 5) is 31.3. The van der Waals surface area contributed by atoms with Crippen molar-refractivity contribution in [2.45, 2.75) is 20.3 Å². The monoisotopic (exact) mass is 367 g/mol. The lowest BCUT2D eigenvalue weighted by molar-refractivity contribution is 0.0776. The Hall–Kier alpha value is -2.87. The van der Waals surface area contributed by atoms with Gasteiger partial charge < -0.3 is 9.47 Å². The molecule has 7 nitrogen and oxygen atoms in total. The molecule has 0 atom stereocenters. The molecule has 0 fully saturated rings. The fourth-order valence-electron chi connectivity index (χ4n) is 3.26. The van der Waals surface area contributed by atoms with Gasteiger partial charge in [0, 0.05) is 25.2 Å². The third kappa shape index (κ3) is 2.72. The molecule has 0 unspecified atom stereocenters. The Morgan fingerprint density at radius 3 is 2.73 bits per heavy atom. The number of rotatable bonds is 2.